The van der Waals surface area contributed by atoms with Crippen LogP contribution in [0.2, 0.25) is 0 Å². The average molecular weight is 238 g/mol. The fraction of sp³-hybridized carbons (Fsp3) is 0.462. The Hall–Kier alpha value is -0.960. The highest BCUT2D eigenvalue weighted by Crippen LogP contribution is 2.22. The van der Waals surface area contributed by atoms with Crippen LogP contribution in [-0.2, 0) is 16.0 Å². The summed E-state index contributed by atoms with van der Waals surface area (Å²) in [4.78, 5) is 12.5. The van der Waals surface area contributed by atoms with E-state index >= 15 is 0 Å². The highest BCUT2D eigenvalue weighted by Gasteiger charge is 2.04. The fourth-order valence-electron chi connectivity index (χ4n) is 1.34. The molecule has 0 heterocycles. The zero-order valence-corrected chi connectivity index (χ0v) is 10.8. The Bertz CT molecular complexity index is 330. The number of rotatable bonds is 5. The molecule has 1 rings (SSSR count). The second-order valence-corrected chi connectivity index (χ2v) is 5.44. The normalized spacial score (nSPS) is 10.5. The first kappa shape index (κ1) is 13.1. The summed E-state index contributed by atoms with van der Waals surface area (Å²) in [6.45, 7) is 6.59. The van der Waals surface area contributed by atoms with E-state index in [0.717, 1.165) is 5.56 Å². The van der Waals surface area contributed by atoms with Crippen LogP contribution in [0.3, 0.4) is 0 Å². The molecule has 0 spiro atoms. The van der Waals surface area contributed by atoms with Gasteiger partial charge in [-0.25, -0.2) is 0 Å². The predicted molar refractivity (Wildman–Crippen MR) is 67.8 cm³/mol. The summed E-state index contributed by atoms with van der Waals surface area (Å²) in [6, 6.07) is 8.09. The van der Waals surface area contributed by atoms with E-state index in [-0.39, 0.29) is 5.97 Å². The maximum atomic E-state index is 11.2. The molecular formula is C13H18O2S. The molecule has 0 unspecified atom stereocenters. The van der Waals surface area contributed by atoms with Crippen molar-refractivity contribution in [2.24, 2.45) is 0 Å². The van der Waals surface area contributed by atoms with Crippen LogP contribution < -0.4 is 0 Å². The molecule has 88 valence electrons. The maximum absolute atomic E-state index is 11.2. The number of thioether (sulfide) groups is 1. The van der Waals surface area contributed by atoms with Gasteiger partial charge in [-0.05, 0) is 24.6 Å². The summed E-state index contributed by atoms with van der Waals surface area (Å²) in [6.07, 6.45) is 0.362. The van der Waals surface area contributed by atoms with Crippen molar-refractivity contribution in [2.75, 3.05) is 6.61 Å². The largest absolute Gasteiger partial charge is 0.466 e. The lowest BCUT2D eigenvalue weighted by Crippen LogP contribution is -2.07. The highest BCUT2D eigenvalue weighted by atomic mass is 32.2. The highest BCUT2D eigenvalue weighted by molar-refractivity contribution is 7.99. The molecule has 0 aromatic heterocycles. The van der Waals surface area contributed by atoms with Crippen LogP contribution in [0.15, 0.2) is 29.2 Å². The number of hydrogen-bond donors (Lipinski definition) is 0. The molecule has 0 bridgehead atoms. The second-order valence-electron chi connectivity index (χ2n) is 3.79. The molecule has 0 aliphatic rings. The van der Waals surface area contributed by atoms with Gasteiger partial charge in [0.2, 0.25) is 0 Å². The summed E-state index contributed by atoms with van der Waals surface area (Å²) in [5.74, 6) is -0.160. The van der Waals surface area contributed by atoms with E-state index in [4.69, 9.17) is 4.74 Å². The molecular weight excluding hydrogens is 220 g/mol. The molecule has 3 heteroatoms. The molecule has 0 saturated heterocycles. The SMILES string of the molecule is CCOC(=O)Cc1ccc(SC(C)C)cc1. The minimum atomic E-state index is -0.160. The Balaban J connectivity index is 2.54. The Morgan fingerprint density at radius 2 is 1.94 bits per heavy atom. The standard InChI is InChI=1S/C13H18O2S/c1-4-15-13(14)9-11-5-7-12(8-6-11)16-10(2)3/h5-8,10H,4,9H2,1-3H3. The summed E-state index contributed by atoms with van der Waals surface area (Å²) < 4.78 is 4.90. The van der Waals surface area contributed by atoms with Crippen LogP contribution in [-0.4, -0.2) is 17.8 Å². The molecule has 0 amide bonds. The first-order valence-electron chi connectivity index (χ1n) is 5.53. The van der Waals surface area contributed by atoms with E-state index in [0.29, 0.717) is 18.3 Å². The van der Waals surface area contributed by atoms with Crippen LogP contribution in [0.5, 0.6) is 0 Å². The number of carbonyl (C=O) groups is 1. The van der Waals surface area contributed by atoms with Crippen molar-refractivity contribution in [3.8, 4) is 0 Å². The van der Waals surface area contributed by atoms with E-state index in [9.17, 15) is 4.79 Å². The minimum Gasteiger partial charge on any atom is -0.466 e. The van der Waals surface area contributed by atoms with Gasteiger partial charge >= 0.3 is 5.97 Å². The van der Waals surface area contributed by atoms with Crippen molar-refractivity contribution in [3.05, 3.63) is 29.8 Å². The van der Waals surface area contributed by atoms with Crippen molar-refractivity contribution in [1.82, 2.24) is 0 Å². The second kappa shape index (κ2) is 6.59. The van der Waals surface area contributed by atoms with E-state index < -0.39 is 0 Å². The van der Waals surface area contributed by atoms with Crippen LogP contribution in [0.4, 0.5) is 0 Å². The van der Waals surface area contributed by atoms with Gasteiger partial charge in [-0.3, -0.25) is 4.79 Å². The average Bonchev–Trinajstić information content (AvgIpc) is 2.20. The number of carbonyl (C=O) groups excluding carboxylic acids is 1. The predicted octanol–water partition coefficient (Wildman–Crippen LogP) is 3.29. The zero-order chi connectivity index (χ0) is 12.0. The quantitative estimate of drug-likeness (QED) is 0.581. The number of hydrogen-bond acceptors (Lipinski definition) is 3. The lowest BCUT2D eigenvalue weighted by Gasteiger charge is -2.06. The molecule has 1 aromatic rings. The number of esters is 1. The van der Waals surface area contributed by atoms with Gasteiger partial charge in [-0.15, -0.1) is 11.8 Å². The minimum absolute atomic E-state index is 0.160. The van der Waals surface area contributed by atoms with Crippen molar-refractivity contribution in [3.63, 3.8) is 0 Å². The Morgan fingerprint density at radius 3 is 2.44 bits per heavy atom. The Morgan fingerprint density at radius 1 is 1.31 bits per heavy atom. The zero-order valence-electron chi connectivity index (χ0n) is 10.0. The van der Waals surface area contributed by atoms with Gasteiger partial charge in [0.05, 0.1) is 13.0 Å². The third-order valence-corrected chi connectivity index (χ3v) is 2.96. The lowest BCUT2D eigenvalue weighted by molar-refractivity contribution is -0.142. The van der Waals surface area contributed by atoms with Crippen molar-refractivity contribution < 1.29 is 9.53 Å². The monoisotopic (exact) mass is 238 g/mol. The van der Waals surface area contributed by atoms with Crippen molar-refractivity contribution >= 4 is 17.7 Å². The fourth-order valence-corrected chi connectivity index (χ4v) is 2.17. The molecule has 2 nitrogen and oxygen atoms in total. The van der Waals surface area contributed by atoms with E-state index in [2.05, 4.69) is 26.0 Å². The molecule has 1 aromatic carbocycles. The van der Waals surface area contributed by atoms with Crippen LogP contribution in [0.1, 0.15) is 26.3 Å². The van der Waals surface area contributed by atoms with Gasteiger partial charge < -0.3 is 4.74 Å². The summed E-state index contributed by atoms with van der Waals surface area (Å²) in [5, 5.41) is 0.580. The maximum Gasteiger partial charge on any atom is 0.310 e. The van der Waals surface area contributed by atoms with Gasteiger partial charge in [0.25, 0.3) is 0 Å². The first-order valence-corrected chi connectivity index (χ1v) is 6.41. The van der Waals surface area contributed by atoms with E-state index in [1.807, 2.05) is 30.8 Å². The summed E-state index contributed by atoms with van der Waals surface area (Å²) >= 11 is 1.82. The Labute approximate surface area is 101 Å². The van der Waals surface area contributed by atoms with Gasteiger partial charge in [0.1, 0.15) is 0 Å². The van der Waals surface area contributed by atoms with Gasteiger partial charge in [0, 0.05) is 10.1 Å². The van der Waals surface area contributed by atoms with Crippen LogP contribution in [0.25, 0.3) is 0 Å². The Kier molecular flexibility index (Phi) is 5.39. The molecule has 0 atom stereocenters. The van der Waals surface area contributed by atoms with E-state index in [1.54, 1.807) is 0 Å². The third-order valence-electron chi connectivity index (χ3n) is 1.95. The van der Waals surface area contributed by atoms with Crippen LogP contribution in [0, 0.1) is 0 Å². The number of benzene rings is 1. The molecule has 0 saturated carbocycles. The van der Waals surface area contributed by atoms with Gasteiger partial charge in [-0.1, -0.05) is 26.0 Å². The molecule has 0 aliphatic heterocycles. The smallest absolute Gasteiger partial charge is 0.310 e. The topological polar surface area (TPSA) is 26.3 Å². The van der Waals surface area contributed by atoms with Gasteiger partial charge in [-0.2, -0.15) is 0 Å². The molecule has 0 radical (unpaired) electrons. The lowest BCUT2D eigenvalue weighted by atomic mass is 10.1. The molecule has 0 N–H and O–H groups in total. The third kappa shape index (κ3) is 4.71. The van der Waals surface area contributed by atoms with Crippen molar-refractivity contribution in [2.45, 2.75) is 37.3 Å². The molecule has 16 heavy (non-hydrogen) atoms. The molecule has 0 aliphatic carbocycles. The summed E-state index contributed by atoms with van der Waals surface area (Å²) in [5.41, 5.74) is 1.01. The first-order chi connectivity index (χ1) is 7.61. The van der Waals surface area contributed by atoms with Gasteiger partial charge in [0.15, 0.2) is 0 Å². The van der Waals surface area contributed by atoms with Crippen LogP contribution >= 0.6 is 11.8 Å². The summed E-state index contributed by atoms with van der Waals surface area (Å²) in [7, 11) is 0. The van der Waals surface area contributed by atoms with E-state index in [1.165, 1.54) is 4.90 Å². The molecule has 0 fully saturated rings. The van der Waals surface area contributed by atoms with Crippen molar-refractivity contribution in [1.29, 1.82) is 0 Å². The number of ether oxygens (including phenoxy) is 1.